The Bertz CT molecular complexity index is 596. The van der Waals surface area contributed by atoms with Crippen LogP contribution >= 0.6 is 23.1 Å². The van der Waals surface area contributed by atoms with Crippen LogP contribution in [0.4, 0.5) is 0 Å². The van der Waals surface area contributed by atoms with Gasteiger partial charge in [0, 0.05) is 24.0 Å². The Balaban J connectivity index is 1.79. The van der Waals surface area contributed by atoms with Crippen molar-refractivity contribution in [2.45, 2.75) is 51.0 Å². The Kier molecular flexibility index (Phi) is 5.26. The molecule has 2 fully saturated rings. The second-order valence-electron chi connectivity index (χ2n) is 6.27. The standard InChI is InChI=1S/C16H22N2O3S2/c1-10-14(23-15(17-10)11-4-2-3-5-11)16(21)18-6-7-22-9-12(18)8-13(19)20/h11-12H,2-9H2,1H3,(H,19,20). The highest BCUT2D eigenvalue weighted by Gasteiger charge is 2.32. The molecular weight excluding hydrogens is 332 g/mol. The number of carboxylic acids is 1. The lowest BCUT2D eigenvalue weighted by Crippen LogP contribution is -2.47. The summed E-state index contributed by atoms with van der Waals surface area (Å²) < 4.78 is 0. The molecule has 23 heavy (non-hydrogen) atoms. The summed E-state index contributed by atoms with van der Waals surface area (Å²) >= 11 is 3.24. The Labute approximate surface area is 144 Å². The average molecular weight is 354 g/mol. The van der Waals surface area contributed by atoms with Crippen LogP contribution in [0.3, 0.4) is 0 Å². The minimum Gasteiger partial charge on any atom is -0.481 e. The van der Waals surface area contributed by atoms with Crippen molar-refractivity contribution in [3.63, 3.8) is 0 Å². The van der Waals surface area contributed by atoms with Crippen molar-refractivity contribution in [3.05, 3.63) is 15.6 Å². The molecule has 1 N–H and O–H groups in total. The molecule has 1 aromatic rings. The second kappa shape index (κ2) is 7.21. The first kappa shape index (κ1) is 16.8. The fraction of sp³-hybridized carbons (Fsp3) is 0.688. The van der Waals surface area contributed by atoms with E-state index in [9.17, 15) is 9.59 Å². The zero-order valence-electron chi connectivity index (χ0n) is 13.3. The molecule has 0 radical (unpaired) electrons. The van der Waals surface area contributed by atoms with E-state index in [0.717, 1.165) is 16.5 Å². The van der Waals surface area contributed by atoms with E-state index in [0.29, 0.717) is 23.1 Å². The van der Waals surface area contributed by atoms with Crippen LogP contribution in [-0.2, 0) is 4.79 Å². The summed E-state index contributed by atoms with van der Waals surface area (Å²) in [6, 6.07) is -0.213. The van der Waals surface area contributed by atoms with Gasteiger partial charge in [0.15, 0.2) is 0 Å². The normalized spacial score (nSPS) is 22.5. The monoisotopic (exact) mass is 354 g/mol. The third-order valence-electron chi connectivity index (χ3n) is 4.61. The summed E-state index contributed by atoms with van der Waals surface area (Å²) in [6.45, 7) is 2.52. The summed E-state index contributed by atoms with van der Waals surface area (Å²) in [5.41, 5.74) is 0.800. The highest BCUT2D eigenvalue weighted by atomic mass is 32.2. The van der Waals surface area contributed by atoms with Crippen molar-refractivity contribution in [2.75, 3.05) is 18.1 Å². The lowest BCUT2D eigenvalue weighted by atomic mass is 10.1. The molecule has 1 amide bonds. The number of aryl methyl sites for hydroxylation is 1. The summed E-state index contributed by atoms with van der Waals surface area (Å²) in [7, 11) is 0. The number of hydrogen-bond acceptors (Lipinski definition) is 5. The van der Waals surface area contributed by atoms with Gasteiger partial charge in [0.2, 0.25) is 0 Å². The third-order valence-corrected chi connectivity index (χ3v) is 7.01. The average Bonchev–Trinajstić information content (AvgIpc) is 3.15. The van der Waals surface area contributed by atoms with E-state index < -0.39 is 5.97 Å². The van der Waals surface area contributed by atoms with E-state index in [1.54, 1.807) is 16.7 Å². The summed E-state index contributed by atoms with van der Waals surface area (Å²) in [4.78, 5) is 31.1. The number of thioether (sulfide) groups is 1. The number of hydrogen-bond donors (Lipinski definition) is 1. The number of carbonyl (C=O) groups is 2. The number of amides is 1. The van der Waals surface area contributed by atoms with E-state index in [4.69, 9.17) is 5.11 Å². The van der Waals surface area contributed by atoms with Gasteiger partial charge in [-0.15, -0.1) is 11.3 Å². The highest BCUT2D eigenvalue weighted by Crippen LogP contribution is 2.37. The summed E-state index contributed by atoms with van der Waals surface area (Å²) in [6.07, 6.45) is 4.85. The minimum atomic E-state index is -0.844. The molecule has 0 aromatic carbocycles. The van der Waals surface area contributed by atoms with Gasteiger partial charge in [0.25, 0.3) is 5.91 Å². The SMILES string of the molecule is Cc1nc(C2CCCC2)sc1C(=O)N1CCSCC1CC(=O)O. The van der Waals surface area contributed by atoms with Crippen molar-refractivity contribution < 1.29 is 14.7 Å². The summed E-state index contributed by atoms with van der Waals surface area (Å²) in [5.74, 6) is 1.20. The van der Waals surface area contributed by atoms with Gasteiger partial charge < -0.3 is 10.0 Å². The number of carboxylic acid groups (broad SMARTS) is 1. The maximum Gasteiger partial charge on any atom is 0.305 e. The molecule has 3 rings (SSSR count). The van der Waals surface area contributed by atoms with Crippen LogP contribution in [-0.4, -0.2) is 51.0 Å². The Hall–Kier alpha value is -1.08. The first-order valence-corrected chi connectivity index (χ1v) is 10.1. The molecule has 2 aliphatic rings. The second-order valence-corrected chi connectivity index (χ2v) is 8.45. The molecule has 1 saturated carbocycles. The maximum absolute atomic E-state index is 12.9. The predicted octanol–water partition coefficient (Wildman–Crippen LogP) is 3.14. The van der Waals surface area contributed by atoms with E-state index in [-0.39, 0.29) is 18.4 Å². The largest absolute Gasteiger partial charge is 0.481 e. The highest BCUT2D eigenvalue weighted by molar-refractivity contribution is 7.99. The molecule has 1 aliphatic carbocycles. The molecule has 5 nitrogen and oxygen atoms in total. The van der Waals surface area contributed by atoms with Gasteiger partial charge in [-0.2, -0.15) is 11.8 Å². The van der Waals surface area contributed by atoms with Crippen molar-refractivity contribution in [3.8, 4) is 0 Å². The quantitative estimate of drug-likeness (QED) is 0.899. The molecule has 7 heteroatoms. The predicted molar refractivity (Wildman–Crippen MR) is 92.5 cm³/mol. The minimum absolute atomic E-state index is 0.0199. The van der Waals surface area contributed by atoms with Gasteiger partial charge in [-0.25, -0.2) is 4.98 Å². The number of thiazole rings is 1. The number of carbonyl (C=O) groups excluding carboxylic acids is 1. The smallest absolute Gasteiger partial charge is 0.305 e. The van der Waals surface area contributed by atoms with Crippen molar-refractivity contribution in [1.82, 2.24) is 9.88 Å². The van der Waals surface area contributed by atoms with Crippen LogP contribution in [0.15, 0.2) is 0 Å². The van der Waals surface area contributed by atoms with Crippen LogP contribution in [0.1, 0.15) is 58.4 Å². The molecule has 0 bridgehead atoms. The van der Waals surface area contributed by atoms with Gasteiger partial charge >= 0.3 is 5.97 Å². The lowest BCUT2D eigenvalue weighted by Gasteiger charge is -2.34. The van der Waals surface area contributed by atoms with Crippen molar-refractivity contribution >= 4 is 35.0 Å². The molecule has 1 aliphatic heterocycles. The number of nitrogens with zero attached hydrogens (tertiary/aromatic N) is 2. The van der Waals surface area contributed by atoms with Gasteiger partial charge in [-0.3, -0.25) is 9.59 Å². The topological polar surface area (TPSA) is 70.5 Å². The fourth-order valence-corrected chi connectivity index (χ4v) is 5.64. The number of rotatable bonds is 4. The van der Waals surface area contributed by atoms with Gasteiger partial charge in [0.05, 0.1) is 23.2 Å². The van der Waals surface area contributed by atoms with Crippen molar-refractivity contribution in [1.29, 1.82) is 0 Å². The van der Waals surface area contributed by atoms with E-state index in [2.05, 4.69) is 4.98 Å². The third kappa shape index (κ3) is 3.71. The Morgan fingerprint density at radius 3 is 2.78 bits per heavy atom. The van der Waals surface area contributed by atoms with E-state index >= 15 is 0 Å². The van der Waals surface area contributed by atoms with Crippen LogP contribution < -0.4 is 0 Å². The molecule has 1 unspecified atom stereocenters. The molecule has 1 aromatic heterocycles. The van der Waals surface area contributed by atoms with Crippen LogP contribution in [0.25, 0.3) is 0 Å². The van der Waals surface area contributed by atoms with E-state index in [1.165, 1.54) is 37.0 Å². The van der Waals surface area contributed by atoms with Gasteiger partial charge in [-0.05, 0) is 19.8 Å². The molecule has 126 valence electrons. The lowest BCUT2D eigenvalue weighted by molar-refractivity contribution is -0.138. The van der Waals surface area contributed by atoms with Gasteiger partial charge in [-0.1, -0.05) is 12.8 Å². The number of aromatic nitrogens is 1. The van der Waals surface area contributed by atoms with E-state index in [1.807, 2.05) is 6.92 Å². The van der Waals surface area contributed by atoms with Crippen LogP contribution in [0.2, 0.25) is 0 Å². The van der Waals surface area contributed by atoms with Gasteiger partial charge in [0.1, 0.15) is 4.88 Å². The molecule has 0 spiro atoms. The first-order valence-electron chi connectivity index (χ1n) is 8.14. The van der Waals surface area contributed by atoms with Crippen LogP contribution in [0.5, 0.6) is 0 Å². The molecule has 2 heterocycles. The summed E-state index contributed by atoms with van der Waals surface area (Å²) in [5, 5.41) is 10.2. The Morgan fingerprint density at radius 2 is 2.09 bits per heavy atom. The molecular formula is C16H22N2O3S2. The van der Waals surface area contributed by atoms with Crippen LogP contribution in [0, 0.1) is 6.92 Å². The first-order chi connectivity index (χ1) is 11.1. The molecule has 1 atom stereocenters. The zero-order valence-corrected chi connectivity index (χ0v) is 14.9. The number of aliphatic carboxylic acids is 1. The van der Waals surface area contributed by atoms with Crippen molar-refractivity contribution in [2.24, 2.45) is 0 Å². The maximum atomic E-state index is 12.9. The molecule has 1 saturated heterocycles. The zero-order chi connectivity index (χ0) is 16.4. The Morgan fingerprint density at radius 1 is 1.35 bits per heavy atom. The fourth-order valence-electron chi connectivity index (χ4n) is 3.39.